The van der Waals surface area contributed by atoms with Crippen molar-refractivity contribution in [1.29, 1.82) is 0 Å². The van der Waals surface area contributed by atoms with Gasteiger partial charge in [0.15, 0.2) is 6.10 Å². The first kappa shape index (κ1) is 20.4. The van der Waals surface area contributed by atoms with Gasteiger partial charge >= 0.3 is 5.97 Å². The zero-order chi connectivity index (χ0) is 22.0. The molecule has 1 aromatic heterocycles. The van der Waals surface area contributed by atoms with Gasteiger partial charge in [-0.3, -0.25) is 14.4 Å². The van der Waals surface area contributed by atoms with E-state index < -0.39 is 24.0 Å². The average molecular weight is 423 g/mol. The molecule has 2 atom stereocenters. The van der Waals surface area contributed by atoms with Crippen LogP contribution in [0.4, 0.5) is 5.69 Å². The Morgan fingerprint density at radius 2 is 2.06 bits per heavy atom. The number of nitrogens with one attached hydrogen (secondary N) is 3. The topological polar surface area (TPSA) is 159 Å². The Hall–Kier alpha value is -3.92. The Balaban J connectivity index is 1.35. The van der Waals surface area contributed by atoms with Gasteiger partial charge in [-0.25, -0.2) is 4.98 Å². The minimum absolute atomic E-state index is 0.117. The molecule has 3 aromatic rings. The van der Waals surface area contributed by atoms with E-state index in [1.54, 1.807) is 18.2 Å². The first-order valence-corrected chi connectivity index (χ1v) is 9.68. The summed E-state index contributed by atoms with van der Waals surface area (Å²) in [5.41, 5.74) is 8.30. The number of hydrogen-bond acceptors (Lipinski definition) is 6. The fourth-order valence-electron chi connectivity index (χ4n) is 3.31. The summed E-state index contributed by atoms with van der Waals surface area (Å²) in [6, 6.07) is 11.4. The lowest BCUT2D eigenvalue weighted by atomic mass is 10.0. The van der Waals surface area contributed by atoms with Gasteiger partial charge in [0, 0.05) is 0 Å². The van der Waals surface area contributed by atoms with Crippen LogP contribution in [0.15, 0.2) is 42.5 Å². The molecule has 4 rings (SSSR count). The Labute approximate surface area is 176 Å². The van der Waals surface area contributed by atoms with Gasteiger partial charge in [0.1, 0.15) is 17.6 Å². The van der Waals surface area contributed by atoms with Crippen molar-refractivity contribution in [1.82, 2.24) is 15.3 Å². The van der Waals surface area contributed by atoms with Crippen molar-refractivity contribution in [3.63, 3.8) is 0 Å². The highest BCUT2D eigenvalue weighted by atomic mass is 16.5. The van der Waals surface area contributed by atoms with Crippen molar-refractivity contribution >= 4 is 34.5 Å². The lowest BCUT2D eigenvalue weighted by Gasteiger charge is -2.26. The number of anilines is 1. The third-order valence-electron chi connectivity index (χ3n) is 4.90. The van der Waals surface area contributed by atoms with Gasteiger partial charge in [-0.2, -0.15) is 0 Å². The van der Waals surface area contributed by atoms with E-state index in [4.69, 9.17) is 15.6 Å². The molecule has 0 radical (unpaired) electrons. The molecular weight excluding hydrogens is 402 g/mol. The van der Waals surface area contributed by atoms with E-state index in [0.717, 1.165) is 11.0 Å². The number of nitrogens with zero attached hydrogens (tertiary/aromatic N) is 1. The minimum Gasteiger partial charge on any atom is -0.480 e. The lowest BCUT2D eigenvalue weighted by molar-refractivity contribution is -0.138. The van der Waals surface area contributed by atoms with Crippen LogP contribution < -0.4 is 21.1 Å². The first-order chi connectivity index (χ1) is 14.9. The number of nitrogens with two attached hydrogens (primary N) is 1. The van der Waals surface area contributed by atoms with E-state index in [2.05, 4.69) is 20.6 Å². The molecule has 160 valence electrons. The molecule has 0 saturated carbocycles. The molecule has 0 fully saturated rings. The molecule has 0 aliphatic carbocycles. The van der Waals surface area contributed by atoms with Crippen molar-refractivity contribution in [2.45, 2.75) is 31.5 Å². The second-order valence-corrected chi connectivity index (χ2v) is 7.26. The number of carboxylic acids is 1. The van der Waals surface area contributed by atoms with Gasteiger partial charge in [0.2, 0.25) is 5.91 Å². The van der Waals surface area contributed by atoms with Crippen molar-refractivity contribution < 1.29 is 24.2 Å². The summed E-state index contributed by atoms with van der Waals surface area (Å²) in [7, 11) is 0. The maximum Gasteiger partial charge on any atom is 0.320 e. The number of H-pyrrole nitrogens is 1. The van der Waals surface area contributed by atoms with Crippen LogP contribution in [0.25, 0.3) is 11.0 Å². The van der Waals surface area contributed by atoms with E-state index in [1.807, 2.05) is 24.3 Å². The number of carbonyl (C=O) groups excluding carboxylic acids is 2. The summed E-state index contributed by atoms with van der Waals surface area (Å²) in [4.78, 5) is 43.1. The van der Waals surface area contributed by atoms with Gasteiger partial charge in [0.25, 0.3) is 5.91 Å². The maximum atomic E-state index is 12.4. The number of aromatic amines is 1. The summed E-state index contributed by atoms with van der Waals surface area (Å²) in [5.74, 6) is -0.894. The van der Waals surface area contributed by atoms with E-state index in [1.165, 1.54) is 0 Å². The molecule has 10 heteroatoms. The number of rotatable bonds is 7. The molecule has 2 amide bonds. The molecule has 2 heterocycles. The molecular formula is C21H21N5O5. The molecule has 0 spiro atoms. The fraction of sp³-hybridized carbons (Fsp3) is 0.238. The SMILES string of the molecule is N[C@@H](Cc1ccc2c(c1)NC(=O)C(CC(=O)NCc1nc3ccccc3[nH]1)O2)C(=O)O. The average Bonchev–Trinajstić information content (AvgIpc) is 3.16. The Morgan fingerprint density at radius 1 is 1.26 bits per heavy atom. The number of para-hydroxylation sites is 2. The number of benzene rings is 2. The Bertz CT molecular complexity index is 1130. The molecule has 31 heavy (non-hydrogen) atoms. The van der Waals surface area contributed by atoms with Crippen LogP contribution in [-0.2, 0) is 27.3 Å². The van der Waals surface area contributed by atoms with E-state index in [0.29, 0.717) is 22.8 Å². The predicted octanol–water partition coefficient (Wildman–Crippen LogP) is 0.923. The number of ether oxygens (including phenoxy) is 1. The van der Waals surface area contributed by atoms with Gasteiger partial charge in [-0.05, 0) is 36.2 Å². The minimum atomic E-state index is -1.10. The lowest BCUT2D eigenvalue weighted by Crippen LogP contribution is -2.41. The monoisotopic (exact) mass is 423 g/mol. The van der Waals surface area contributed by atoms with Gasteiger partial charge < -0.3 is 31.2 Å². The standard InChI is InChI=1S/C21H21N5O5/c22-12(21(29)30)7-11-5-6-16-15(8-11)26-20(28)17(31-16)9-19(27)23-10-18-24-13-3-1-2-4-14(13)25-18/h1-6,8,12,17H,7,9-10,22H2,(H,23,27)(H,24,25)(H,26,28)(H,29,30)/t12-,17?/m0/s1. The third-order valence-corrected chi connectivity index (χ3v) is 4.90. The second-order valence-electron chi connectivity index (χ2n) is 7.26. The molecule has 6 N–H and O–H groups in total. The zero-order valence-electron chi connectivity index (χ0n) is 16.4. The summed E-state index contributed by atoms with van der Waals surface area (Å²) in [6.45, 7) is 0.200. The highest BCUT2D eigenvalue weighted by molar-refractivity contribution is 6.00. The highest BCUT2D eigenvalue weighted by Crippen LogP contribution is 2.31. The molecule has 10 nitrogen and oxygen atoms in total. The number of aliphatic carboxylic acids is 1. The van der Waals surface area contributed by atoms with Crippen LogP contribution in [0.5, 0.6) is 5.75 Å². The molecule has 1 aliphatic rings. The number of carboxylic acid groups (broad SMARTS) is 1. The molecule has 1 unspecified atom stereocenters. The number of hydrogen-bond donors (Lipinski definition) is 5. The molecule has 0 saturated heterocycles. The number of fused-ring (bicyclic) bond motifs is 2. The van der Waals surface area contributed by atoms with Crippen LogP contribution >= 0.6 is 0 Å². The van der Waals surface area contributed by atoms with Crippen molar-refractivity contribution in [3.8, 4) is 5.75 Å². The maximum absolute atomic E-state index is 12.4. The third kappa shape index (κ3) is 4.64. The molecule has 1 aliphatic heterocycles. The first-order valence-electron chi connectivity index (χ1n) is 9.68. The van der Waals surface area contributed by atoms with Crippen molar-refractivity contribution in [2.24, 2.45) is 5.73 Å². The van der Waals surface area contributed by atoms with Gasteiger partial charge in [-0.1, -0.05) is 18.2 Å². The summed E-state index contributed by atoms with van der Waals surface area (Å²) >= 11 is 0. The predicted molar refractivity (Wildman–Crippen MR) is 111 cm³/mol. The van der Waals surface area contributed by atoms with Gasteiger partial charge in [0.05, 0.1) is 29.7 Å². The van der Waals surface area contributed by atoms with Gasteiger partial charge in [-0.15, -0.1) is 0 Å². The van der Waals surface area contributed by atoms with Crippen molar-refractivity contribution in [2.75, 3.05) is 5.32 Å². The van der Waals surface area contributed by atoms with Crippen LogP contribution in [0, 0.1) is 0 Å². The van der Waals surface area contributed by atoms with E-state index >= 15 is 0 Å². The largest absolute Gasteiger partial charge is 0.480 e. The van der Waals surface area contributed by atoms with E-state index in [-0.39, 0.29) is 25.3 Å². The molecule has 0 bridgehead atoms. The van der Waals surface area contributed by atoms with Crippen LogP contribution in [0.2, 0.25) is 0 Å². The van der Waals surface area contributed by atoms with Crippen molar-refractivity contribution in [3.05, 3.63) is 53.9 Å². The quantitative estimate of drug-likeness (QED) is 0.378. The zero-order valence-corrected chi connectivity index (χ0v) is 16.4. The smallest absolute Gasteiger partial charge is 0.320 e. The number of amides is 2. The van der Waals surface area contributed by atoms with E-state index in [9.17, 15) is 14.4 Å². The number of aromatic nitrogens is 2. The fourth-order valence-corrected chi connectivity index (χ4v) is 3.31. The Morgan fingerprint density at radius 3 is 2.84 bits per heavy atom. The number of carbonyl (C=O) groups is 3. The van der Waals surface area contributed by atoms with Crippen LogP contribution in [-0.4, -0.2) is 45.0 Å². The number of imidazole rings is 1. The van der Waals surface area contributed by atoms with Crippen LogP contribution in [0.3, 0.4) is 0 Å². The second kappa shape index (κ2) is 8.44. The Kier molecular flexibility index (Phi) is 5.54. The molecule has 2 aromatic carbocycles. The van der Waals surface area contributed by atoms with Crippen LogP contribution in [0.1, 0.15) is 17.8 Å². The summed E-state index contributed by atoms with van der Waals surface area (Å²) in [6.07, 6.45) is -1.02. The summed E-state index contributed by atoms with van der Waals surface area (Å²) < 4.78 is 5.68. The normalized spacial score (nSPS) is 16.2. The highest BCUT2D eigenvalue weighted by Gasteiger charge is 2.30. The summed E-state index contributed by atoms with van der Waals surface area (Å²) in [5, 5.41) is 14.4.